The van der Waals surface area contributed by atoms with Gasteiger partial charge in [0.15, 0.2) is 0 Å². The van der Waals surface area contributed by atoms with Gasteiger partial charge in [-0.2, -0.15) is 5.10 Å². The zero-order valence-electron chi connectivity index (χ0n) is 8.09. The molecule has 0 radical (unpaired) electrons. The average Bonchev–Trinajstić information content (AvgIpc) is 2.31. The molecule has 1 rings (SSSR count). The molecule has 1 atom stereocenters. The number of aromatic nitrogens is 2. The van der Waals surface area contributed by atoms with E-state index in [1.54, 1.807) is 0 Å². The minimum Gasteiger partial charge on any atom is -0.268 e. The van der Waals surface area contributed by atoms with Crippen LogP contribution in [0.4, 0.5) is 0 Å². The number of halogens is 2. The molecule has 1 heterocycles. The van der Waals surface area contributed by atoms with Crippen LogP contribution < -0.4 is 0 Å². The van der Waals surface area contributed by atoms with Gasteiger partial charge < -0.3 is 0 Å². The predicted molar refractivity (Wildman–Crippen MR) is 66.8 cm³/mol. The molecule has 0 spiro atoms. The van der Waals surface area contributed by atoms with Crippen molar-refractivity contribution in [1.29, 1.82) is 0 Å². The highest BCUT2D eigenvalue weighted by Crippen LogP contribution is 2.22. The molecule has 74 valence electrons. The highest BCUT2D eigenvalue weighted by molar-refractivity contribution is 14.1. The summed E-state index contributed by atoms with van der Waals surface area (Å²) in [5.41, 5.74) is 0. The molecule has 0 aliphatic heterocycles. The highest BCUT2D eigenvalue weighted by atomic mass is 127. The first-order valence-corrected chi connectivity index (χ1v) is 6.28. The van der Waals surface area contributed by atoms with Crippen LogP contribution in [0.5, 0.6) is 0 Å². The van der Waals surface area contributed by atoms with Crippen LogP contribution in [0.3, 0.4) is 0 Å². The molecule has 1 aromatic rings. The van der Waals surface area contributed by atoms with Gasteiger partial charge >= 0.3 is 0 Å². The van der Waals surface area contributed by atoms with Gasteiger partial charge in [0.25, 0.3) is 0 Å². The van der Waals surface area contributed by atoms with Crippen LogP contribution >= 0.6 is 38.5 Å². The van der Waals surface area contributed by atoms with Crippen LogP contribution in [-0.2, 0) is 0 Å². The fourth-order valence-corrected chi connectivity index (χ4v) is 2.04. The maximum absolute atomic E-state index is 4.42. The molecule has 0 aromatic carbocycles. The number of hydrogen-bond donors (Lipinski definition) is 0. The third kappa shape index (κ3) is 3.23. The van der Waals surface area contributed by atoms with Gasteiger partial charge in [0, 0.05) is 12.2 Å². The van der Waals surface area contributed by atoms with Crippen molar-refractivity contribution >= 4 is 38.5 Å². The summed E-state index contributed by atoms with van der Waals surface area (Å²) in [5.74, 6) is 0.718. The van der Waals surface area contributed by atoms with Crippen LogP contribution in [0.15, 0.2) is 10.7 Å². The van der Waals surface area contributed by atoms with Crippen LogP contribution in [-0.4, -0.2) is 9.78 Å². The highest BCUT2D eigenvalue weighted by Gasteiger charge is 2.10. The first-order valence-electron chi connectivity index (χ1n) is 4.41. The molecule has 0 saturated carbocycles. The summed E-state index contributed by atoms with van der Waals surface area (Å²) < 4.78 is 4.16. The Morgan fingerprint density at radius 1 is 1.54 bits per heavy atom. The second-order valence-corrected chi connectivity index (χ2v) is 5.60. The summed E-state index contributed by atoms with van der Waals surface area (Å²) in [5, 5.41) is 4.42. The quantitative estimate of drug-likeness (QED) is 0.752. The number of nitrogens with zero attached hydrogens (tertiary/aromatic N) is 2. The minimum absolute atomic E-state index is 0.486. The third-order valence-corrected chi connectivity index (χ3v) is 4.03. The predicted octanol–water partition coefficient (Wildman–Crippen LogP) is 3.86. The summed E-state index contributed by atoms with van der Waals surface area (Å²) in [4.78, 5) is 0. The van der Waals surface area contributed by atoms with Crippen molar-refractivity contribution < 1.29 is 0 Å². The summed E-state index contributed by atoms with van der Waals surface area (Å²) in [6.07, 6.45) is 3.22. The monoisotopic (exact) mass is 356 g/mol. The molecular formula is C9H14BrIN2. The molecule has 0 aliphatic carbocycles. The van der Waals surface area contributed by atoms with Gasteiger partial charge in [-0.15, -0.1) is 0 Å². The SMILES string of the molecule is CC(C)CC(C)n1cc(Br)c(I)n1. The Bertz CT molecular complexity index is 264. The van der Waals surface area contributed by atoms with E-state index in [1.165, 1.54) is 6.42 Å². The lowest BCUT2D eigenvalue weighted by atomic mass is 10.1. The van der Waals surface area contributed by atoms with Gasteiger partial charge in [-0.25, -0.2) is 0 Å². The second kappa shape index (κ2) is 4.77. The normalized spacial score (nSPS) is 13.7. The van der Waals surface area contributed by atoms with Gasteiger partial charge in [0.1, 0.15) is 3.70 Å². The molecule has 0 N–H and O–H groups in total. The van der Waals surface area contributed by atoms with E-state index in [4.69, 9.17) is 0 Å². The van der Waals surface area contributed by atoms with Crippen LogP contribution in [0.25, 0.3) is 0 Å². The van der Waals surface area contributed by atoms with Crippen molar-refractivity contribution in [2.24, 2.45) is 5.92 Å². The van der Waals surface area contributed by atoms with E-state index >= 15 is 0 Å². The number of hydrogen-bond acceptors (Lipinski definition) is 1. The van der Waals surface area contributed by atoms with Crippen molar-refractivity contribution in [3.63, 3.8) is 0 Å². The molecule has 2 nitrogen and oxygen atoms in total. The summed E-state index contributed by atoms with van der Waals surface area (Å²) in [7, 11) is 0. The van der Waals surface area contributed by atoms with Gasteiger partial charge in [-0.3, -0.25) is 4.68 Å². The van der Waals surface area contributed by atoms with Crippen molar-refractivity contribution in [3.8, 4) is 0 Å². The van der Waals surface area contributed by atoms with Crippen molar-refractivity contribution in [3.05, 3.63) is 14.4 Å². The van der Waals surface area contributed by atoms with Crippen LogP contribution in [0, 0.1) is 9.62 Å². The maximum atomic E-state index is 4.42. The van der Waals surface area contributed by atoms with E-state index < -0.39 is 0 Å². The largest absolute Gasteiger partial charge is 0.268 e. The van der Waals surface area contributed by atoms with Crippen LogP contribution in [0.2, 0.25) is 0 Å². The van der Waals surface area contributed by atoms with Gasteiger partial charge in [0.05, 0.1) is 4.47 Å². The van der Waals surface area contributed by atoms with Gasteiger partial charge in [-0.05, 0) is 57.8 Å². The fourth-order valence-electron chi connectivity index (χ4n) is 1.36. The zero-order chi connectivity index (χ0) is 10.0. The molecule has 0 saturated heterocycles. The van der Waals surface area contributed by atoms with Gasteiger partial charge in [0.2, 0.25) is 0 Å². The Labute approximate surface area is 101 Å². The standard InChI is InChI=1S/C9H14BrIN2/c1-6(2)4-7(3)13-5-8(10)9(11)12-13/h5-7H,4H2,1-3H3. The molecule has 1 unspecified atom stereocenters. The Kier molecular flexibility index (Phi) is 4.22. The van der Waals surface area contributed by atoms with Crippen molar-refractivity contribution in [1.82, 2.24) is 9.78 Å². The zero-order valence-corrected chi connectivity index (χ0v) is 11.8. The lowest BCUT2D eigenvalue weighted by Crippen LogP contribution is -2.08. The first-order chi connectivity index (χ1) is 6.00. The summed E-state index contributed by atoms with van der Waals surface area (Å²) in [6, 6.07) is 0.486. The Morgan fingerprint density at radius 2 is 2.15 bits per heavy atom. The Hall–Kier alpha value is 0.420. The Balaban J connectivity index is 2.71. The Morgan fingerprint density at radius 3 is 2.54 bits per heavy atom. The molecule has 0 aliphatic rings. The second-order valence-electron chi connectivity index (χ2n) is 3.73. The smallest absolute Gasteiger partial charge is 0.137 e. The lowest BCUT2D eigenvalue weighted by Gasteiger charge is -2.13. The molecule has 0 amide bonds. The maximum Gasteiger partial charge on any atom is 0.137 e. The van der Waals surface area contributed by atoms with E-state index in [-0.39, 0.29) is 0 Å². The summed E-state index contributed by atoms with van der Waals surface area (Å²) >= 11 is 5.69. The van der Waals surface area contributed by atoms with E-state index in [0.29, 0.717) is 6.04 Å². The lowest BCUT2D eigenvalue weighted by molar-refractivity contribution is 0.397. The molecule has 1 aromatic heterocycles. The van der Waals surface area contributed by atoms with E-state index in [9.17, 15) is 0 Å². The summed E-state index contributed by atoms with van der Waals surface area (Å²) in [6.45, 7) is 6.68. The third-order valence-electron chi connectivity index (χ3n) is 1.91. The molecular weight excluding hydrogens is 343 g/mol. The van der Waals surface area contributed by atoms with Gasteiger partial charge in [-0.1, -0.05) is 13.8 Å². The molecule has 0 bridgehead atoms. The molecule has 0 fully saturated rings. The molecule has 13 heavy (non-hydrogen) atoms. The number of rotatable bonds is 3. The van der Waals surface area contributed by atoms with Crippen molar-refractivity contribution in [2.45, 2.75) is 33.2 Å². The van der Waals surface area contributed by atoms with Crippen LogP contribution in [0.1, 0.15) is 33.2 Å². The van der Waals surface area contributed by atoms with E-state index in [0.717, 1.165) is 14.1 Å². The van der Waals surface area contributed by atoms with E-state index in [1.807, 2.05) is 4.68 Å². The average molecular weight is 357 g/mol. The van der Waals surface area contributed by atoms with E-state index in [2.05, 4.69) is 70.6 Å². The first kappa shape index (κ1) is 11.5. The topological polar surface area (TPSA) is 17.8 Å². The van der Waals surface area contributed by atoms with Crippen molar-refractivity contribution in [2.75, 3.05) is 0 Å². The molecule has 4 heteroatoms. The minimum atomic E-state index is 0.486. The fraction of sp³-hybridized carbons (Fsp3) is 0.667.